The van der Waals surface area contributed by atoms with E-state index in [1.54, 1.807) is 0 Å². The third-order valence-corrected chi connectivity index (χ3v) is 3.50. The molecule has 0 aliphatic carbocycles. The van der Waals surface area contributed by atoms with Gasteiger partial charge in [0.2, 0.25) is 11.9 Å². The van der Waals surface area contributed by atoms with Crippen molar-refractivity contribution < 1.29 is 19.4 Å². The number of nitrogen functional groups attached to an aromatic ring is 1. The van der Waals surface area contributed by atoms with Crippen LogP contribution in [0.3, 0.4) is 0 Å². The molecule has 0 radical (unpaired) electrons. The van der Waals surface area contributed by atoms with Crippen LogP contribution in [0.1, 0.15) is 0 Å². The number of benzene rings is 1. The van der Waals surface area contributed by atoms with Crippen LogP contribution in [-0.2, 0) is 7.05 Å². The lowest BCUT2D eigenvalue weighted by Crippen LogP contribution is -2.06. The highest BCUT2D eigenvalue weighted by molar-refractivity contribution is 8.45. The van der Waals surface area contributed by atoms with Gasteiger partial charge in [-0.15, -0.1) is 5.10 Å². The molecule has 0 aliphatic rings. The first-order valence-electron chi connectivity index (χ1n) is 5.13. The molecular formula is C9H10F5N5S. The highest BCUT2D eigenvalue weighted by atomic mass is 32.5. The molecule has 20 heavy (non-hydrogen) atoms. The van der Waals surface area contributed by atoms with E-state index in [2.05, 4.69) is 15.4 Å². The molecule has 0 saturated carbocycles. The molecule has 0 fully saturated rings. The zero-order chi connectivity index (χ0) is 15.2. The molecule has 0 bridgehead atoms. The van der Waals surface area contributed by atoms with Crippen LogP contribution in [0.4, 0.5) is 37.0 Å². The van der Waals surface area contributed by atoms with E-state index in [1.165, 1.54) is 11.7 Å². The maximum atomic E-state index is 12.5. The Hall–Kier alpha value is -2.04. The second kappa shape index (κ2) is 3.53. The number of halogens is 5. The van der Waals surface area contributed by atoms with Gasteiger partial charge in [0.15, 0.2) is 0 Å². The summed E-state index contributed by atoms with van der Waals surface area (Å²) in [5, 5.41) is 6.32. The van der Waals surface area contributed by atoms with Gasteiger partial charge < -0.3 is 11.1 Å². The number of nitrogens with zero attached hydrogens (tertiary/aromatic N) is 3. The van der Waals surface area contributed by atoms with Crippen LogP contribution in [0.2, 0.25) is 0 Å². The fraction of sp³-hybridized carbons (Fsp3) is 0.111. The molecule has 3 N–H and O–H groups in total. The zero-order valence-corrected chi connectivity index (χ0v) is 10.8. The number of aromatic nitrogens is 3. The predicted molar refractivity (Wildman–Crippen MR) is 66.5 cm³/mol. The fourth-order valence-corrected chi connectivity index (χ4v) is 2.09. The van der Waals surface area contributed by atoms with E-state index in [0.29, 0.717) is 12.1 Å². The molecule has 2 rings (SSSR count). The third-order valence-electron chi connectivity index (χ3n) is 2.34. The first-order chi connectivity index (χ1) is 8.85. The summed E-state index contributed by atoms with van der Waals surface area (Å²) in [4.78, 5) is 1.81. The van der Waals surface area contributed by atoms with E-state index < -0.39 is 15.1 Å². The smallest absolute Gasteiger partial charge is 0.310 e. The molecule has 0 unspecified atom stereocenters. The summed E-state index contributed by atoms with van der Waals surface area (Å²) in [5.74, 6) is 0.140. The normalized spacial score (nSPS) is 15.5. The van der Waals surface area contributed by atoms with E-state index in [-0.39, 0.29) is 17.6 Å². The SMILES string of the molecule is Cn1nc(N)nc1Nc1ccc(S(F)(F)(F)(F)F)cc1. The molecule has 5 nitrogen and oxygen atoms in total. The molecule has 1 heterocycles. The molecule has 2 aromatic rings. The summed E-state index contributed by atoms with van der Waals surface area (Å²) in [7, 11) is -8.13. The van der Waals surface area contributed by atoms with Gasteiger partial charge in [-0.25, -0.2) is 4.68 Å². The molecular weight excluding hydrogens is 305 g/mol. The Kier molecular flexibility index (Phi) is 2.54. The third kappa shape index (κ3) is 3.10. The van der Waals surface area contributed by atoms with Crippen molar-refractivity contribution in [2.45, 2.75) is 4.90 Å². The van der Waals surface area contributed by atoms with Crippen molar-refractivity contribution in [1.82, 2.24) is 14.8 Å². The first-order valence-corrected chi connectivity index (χ1v) is 7.08. The monoisotopic (exact) mass is 315 g/mol. The lowest BCUT2D eigenvalue weighted by atomic mass is 10.3. The predicted octanol–water partition coefficient (Wildman–Crippen LogP) is 3.80. The van der Waals surface area contributed by atoms with Crippen molar-refractivity contribution in [3.8, 4) is 0 Å². The summed E-state index contributed by atoms with van der Waals surface area (Å²) < 4.78 is 63.8. The molecule has 0 saturated heterocycles. The van der Waals surface area contributed by atoms with Crippen molar-refractivity contribution >= 4 is 27.8 Å². The topological polar surface area (TPSA) is 68.8 Å². The van der Waals surface area contributed by atoms with E-state index in [1.807, 2.05) is 0 Å². The van der Waals surface area contributed by atoms with E-state index in [0.717, 1.165) is 12.1 Å². The molecule has 0 aliphatic heterocycles. The van der Waals surface area contributed by atoms with E-state index in [4.69, 9.17) is 5.73 Å². The van der Waals surface area contributed by atoms with Crippen molar-refractivity contribution in [3.05, 3.63) is 24.3 Å². The van der Waals surface area contributed by atoms with Gasteiger partial charge in [0.1, 0.15) is 4.90 Å². The quantitative estimate of drug-likeness (QED) is 0.845. The van der Waals surface area contributed by atoms with Crippen molar-refractivity contribution in [1.29, 1.82) is 0 Å². The van der Waals surface area contributed by atoms with Crippen molar-refractivity contribution in [2.75, 3.05) is 11.1 Å². The van der Waals surface area contributed by atoms with Gasteiger partial charge in [0, 0.05) is 12.7 Å². The minimum absolute atomic E-state index is 0.0290. The number of hydrogen-bond acceptors (Lipinski definition) is 4. The van der Waals surface area contributed by atoms with Crippen molar-refractivity contribution in [2.24, 2.45) is 7.05 Å². The number of rotatable bonds is 3. The average Bonchev–Trinajstić information content (AvgIpc) is 2.55. The molecule has 0 atom stereocenters. The molecule has 0 amide bonds. The Morgan fingerprint density at radius 2 is 1.65 bits per heavy atom. The summed E-state index contributed by atoms with van der Waals surface area (Å²) >= 11 is 0. The molecule has 0 spiro atoms. The lowest BCUT2D eigenvalue weighted by molar-refractivity contribution is 0.364. The summed E-state index contributed by atoms with van der Waals surface area (Å²) in [5.41, 5.74) is 5.47. The van der Waals surface area contributed by atoms with Gasteiger partial charge in [0.25, 0.3) is 0 Å². The number of hydrogen-bond donors (Lipinski definition) is 2. The Labute approximate surface area is 110 Å². The second-order valence-electron chi connectivity index (χ2n) is 4.04. The maximum Gasteiger partial charge on any atom is 0.310 e. The van der Waals surface area contributed by atoms with Crippen LogP contribution >= 0.6 is 10.2 Å². The number of nitrogens with one attached hydrogen (secondary N) is 1. The Morgan fingerprint density at radius 3 is 2.05 bits per heavy atom. The highest BCUT2D eigenvalue weighted by Crippen LogP contribution is 3.02. The van der Waals surface area contributed by atoms with Crippen LogP contribution in [-0.4, -0.2) is 14.8 Å². The standard InChI is InChI=1S/C9H10F5N5S/c1-19-9(17-8(15)18-19)16-6-2-4-7(5-3-6)20(10,11,12,13)14/h2-5H,1H3,(H3,15,16,17,18). The van der Waals surface area contributed by atoms with Gasteiger partial charge in [-0.1, -0.05) is 19.4 Å². The second-order valence-corrected chi connectivity index (χ2v) is 6.44. The maximum absolute atomic E-state index is 12.5. The number of anilines is 3. The fourth-order valence-electron chi connectivity index (χ4n) is 1.44. The largest absolute Gasteiger partial charge is 0.366 e. The van der Waals surface area contributed by atoms with Crippen LogP contribution in [0.15, 0.2) is 29.2 Å². The van der Waals surface area contributed by atoms with Gasteiger partial charge in [0.05, 0.1) is 0 Å². The lowest BCUT2D eigenvalue weighted by Gasteiger charge is -2.40. The Bertz CT molecular complexity index is 648. The molecule has 112 valence electrons. The minimum atomic E-state index is -9.64. The Morgan fingerprint density at radius 1 is 1.10 bits per heavy atom. The van der Waals surface area contributed by atoms with Crippen LogP contribution in [0.5, 0.6) is 0 Å². The number of nitrogens with two attached hydrogens (primary N) is 1. The first kappa shape index (κ1) is 14.4. The molecule has 1 aromatic carbocycles. The van der Waals surface area contributed by atoms with Crippen LogP contribution < -0.4 is 11.1 Å². The van der Waals surface area contributed by atoms with Gasteiger partial charge >= 0.3 is 10.2 Å². The minimum Gasteiger partial charge on any atom is -0.366 e. The van der Waals surface area contributed by atoms with Crippen LogP contribution in [0.25, 0.3) is 0 Å². The van der Waals surface area contributed by atoms with Gasteiger partial charge in [-0.3, -0.25) is 0 Å². The number of aryl methyl sites for hydroxylation is 1. The van der Waals surface area contributed by atoms with Crippen LogP contribution in [0, 0.1) is 0 Å². The zero-order valence-electron chi connectivity index (χ0n) is 10.0. The van der Waals surface area contributed by atoms with E-state index in [9.17, 15) is 19.4 Å². The Balaban J connectivity index is 2.29. The van der Waals surface area contributed by atoms with Gasteiger partial charge in [-0.05, 0) is 24.3 Å². The average molecular weight is 315 g/mol. The summed E-state index contributed by atoms with van der Waals surface area (Å²) in [6.07, 6.45) is 0. The summed E-state index contributed by atoms with van der Waals surface area (Å²) in [6, 6.07) is 2.36. The van der Waals surface area contributed by atoms with Gasteiger partial charge in [-0.2, -0.15) is 4.98 Å². The van der Waals surface area contributed by atoms with Crippen molar-refractivity contribution in [3.63, 3.8) is 0 Å². The summed E-state index contributed by atoms with van der Waals surface area (Å²) in [6.45, 7) is 0. The molecule has 11 heteroatoms. The van der Waals surface area contributed by atoms with E-state index >= 15 is 0 Å². The molecule has 1 aromatic heterocycles. The highest BCUT2D eigenvalue weighted by Gasteiger charge is 2.65.